The molecule has 1 aliphatic heterocycles. The third-order valence-electron chi connectivity index (χ3n) is 3.45. The van der Waals surface area contributed by atoms with E-state index in [4.69, 9.17) is 4.98 Å². The van der Waals surface area contributed by atoms with Gasteiger partial charge in [-0.1, -0.05) is 20.8 Å². The number of hydrogen-bond acceptors (Lipinski definition) is 3. The molecule has 0 aromatic carbocycles. The summed E-state index contributed by atoms with van der Waals surface area (Å²) in [4.78, 5) is 7.28. The van der Waals surface area contributed by atoms with Crippen LogP contribution in [0.5, 0.6) is 0 Å². The number of nitrogens with zero attached hydrogens (tertiary/aromatic N) is 2. The summed E-state index contributed by atoms with van der Waals surface area (Å²) >= 11 is 0. The van der Waals surface area contributed by atoms with Crippen LogP contribution in [0.15, 0.2) is 12.1 Å². The second-order valence-electron chi connectivity index (χ2n) is 6.19. The Kier molecular flexibility index (Phi) is 3.91. The maximum Gasteiger partial charge on any atom is 0.129 e. The van der Waals surface area contributed by atoms with Gasteiger partial charge in [-0.2, -0.15) is 0 Å². The van der Waals surface area contributed by atoms with Gasteiger partial charge in [-0.05, 0) is 37.6 Å². The third kappa shape index (κ3) is 3.02. The number of aromatic nitrogens is 1. The Bertz CT molecular complexity index is 401. The average Bonchev–Trinajstić information content (AvgIpc) is 2.81. The predicted molar refractivity (Wildman–Crippen MR) is 77.1 cm³/mol. The first-order valence-corrected chi connectivity index (χ1v) is 6.92. The number of anilines is 1. The van der Waals surface area contributed by atoms with Crippen LogP contribution in [0.2, 0.25) is 0 Å². The molecule has 0 spiro atoms. The highest BCUT2D eigenvalue weighted by Crippen LogP contribution is 2.26. The first-order valence-electron chi connectivity index (χ1n) is 6.92. The highest BCUT2D eigenvalue weighted by atomic mass is 15.2. The van der Waals surface area contributed by atoms with Crippen molar-refractivity contribution in [1.82, 2.24) is 10.3 Å². The largest absolute Gasteiger partial charge is 0.357 e. The molecular formula is C15H25N3. The maximum atomic E-state index is 4.87. The van der Waals surface area contributed by atoms with Gasteiger partial charge < -0.3 is 10.2 Å². The molecule has 18 heavy (non-hydrogen) atoms. The van der Waals surface area contributed by atoms with Gasteiger partial charge in [0.2, 0.25) is 0 Å². The monoisotopic (exact) mass is 247 g/mol. The van der Waals surface area contributed by atoms with Gasteiger partial charge in [-0.15, -0.1) is 0 Å². The number of pyridine rings is 1. The molecule has 2 rings (SSSR count). The van der Waals surface area contributed by atoms with Crippen molar-refractivity contribution in [3.05, 3.63) is 23.4 Å². The lowest BCUT2D eigenvalue weighted by molar-refractivity contribution is 0.566. The zero-order valence-corrected chi connectivity index (χ0v) is 12.1. The molecule has 1 aromatic rings. The first kappa shape index (κ1) is 13.3. The molecular weight excluding hydrogens is 222 g/mol. The predicted octanol–water partition coefficient (Wildman–Crippen LogP) is 2.70. The minimum Gasteiger partial charge on any atom is -0.357 e. The summed E-state index contributed by atoms with van der Waals surface area (Å²) in [6, 6.07) is 4.47. The minimum atomic E-state index is 0.109. The Hall–Kier alpha value is -1.09. The van der Waals surface area contributed by atoms with Crippen molar-refractivity contribution in [3.8, 4) is 0 Å². The molecule has 1 fully saturated rings. The second-order valence-corrected chi connectivity index (χ2v) is 6.19. The molecule has 1 aromatic heterocycles. The van der Waals surface area contributed by atoms with Gasteiger partial charge in [-0.25, -0.2) is 4.98 Å². The van der Waals surface area contributed by atoms with Crippen LogP contribution in [0.25, 0.3) is 0 Å². The summed E-state index contributed by atoms with van der Waals surface area (Å²) < 4.78 is 0. The molecule has 0 unspecified atom stereocenters. The van der Waals surface area contributed by atoms with E-state index in [0.717, 1.165) is 25.5 Å². The molecule has 0 aliphatic carbocycles. The average molecular weight is 247 g/mol. The van der Waals surface area contributed by atoms with Gasteiger partial charge in [0.05, 0.1) is 0 Å². The van der Waals surface area contributed by atoms with E-state index in [2.05, 4.69) is 43.1 Å². The van der Waals surface area contributed by atoms with Crippen LogP contribution in [0, 0.1) is 0 Å². The van der Waals surface area contributed by atoms with Gasteiger partial charge in [0.1, 0.15) is 5.82 Å². The fourth-order valence-corrected chi connectivity index (χ4v) is 2.37. The van der Waals surface area contributed by atoms with Crippen molar-refractivity contribution >= 4 is 5.82 Å². The third-order valence-corrected chi connectivity index (χ3v) is 3.45. The Morgan fingerprint density at radius 2 is 1.89 bits per heavy atom. The van der Waals surface area contributed by atoms with E-state index in [9.17, 15) is 0 Å². The summed E-state index contributed by atoms with van der Waals surface area (Å²) in [5, 5.41) is 3.23. The van der Waals surface area contributed by atoms with Crippen molar-refractivity contribution in [3.63, 3.8) is 0 Å². The minimum absolute atomic E-state index is 0.109. The molecule has 0 saturated carbocycles. The van der Waals surface area contributed by atoms with E-state index >= 15 is 0 Å². The summed E-state index contributed by atoms with van der Waals surface area (Å²) in [7, 11) is 1.99. The van der Waals surface area contributed by atoms with Gasteiger partial charge in [0.15, 0.2) is 0 Å². The van der Waals surface area contributed by atoms with Crippen LogP contribution >= 0.6 is 0 Å². The number of rotatable bonds is 3. The molecule has 100 valence electrons. The van der Waals surface area contributed by atoms with Crippen LogP contribution in [0.4, 0.5) is 5.82 Å². The zero-order chi connectivity index (χ0) is 13.2. The van der Waals surface area contributed by atoms with E-state index in [1.807, 2.05) is 7.05 Å². The summed E-state index contributed by atoms with van der Waals surface area (Å²) in [5.74, 6) is 1.16. The fraction of sp³-hybridized carbons (Fsp3) is 0.667. The van der Waals surface area contributed by atoms with Crippen LogP contribution in [0.1, 0.15) is 44.9 Å². The molecule has 1 N–H and O–H groups in total. The Morgan fingerprint density at radius 1 is 1.22 bits per heavy atom. The van der Waals surface area contributed by atoms with Crippen LogP contribution in [-0.4, -0.2) is 25.1 Å². The van der Waals surface area contributed by atoms with E-state index in [-0.39, 0.29) is 5.41 Å². The molecule has 3 nitrogen and oxygen atoms in total. The summed E-state index contributed by atoms with van der Waals surface area (Å²) in [6.07, 6.45) is 2.59. The van der Waals surface area contributed by atoms with Gasteiger partial charge in [0.25, 0.3) is 0 Å². The molecule has 1 aliphatic rings. The lowest BCUT2D eigenvalue weighted by Crippen LogP contribution is -2.23. The maximum absolute atomic E-state index is 4.87. The normalized spacial score (nSPS) is 16.3. The molecule has 0 atom stereocenters. The van der Waals surface area contributed by atoms with Gasteiger partial charge >= 0.3 is 0 Å². The Balaban J connectivity index is 2.35. The SMILES string of the molecule is CNCc1cc(N2CCCC2)nc(C(C)(C)C)c1. The molecule has 0 radical (unpaired) electrons. The van der Waals surface area contributed by atoms with E-state index in [1.165, 1.54) is 24.1 Å². The van der Waals surface area contributed by atoms with Gasteiger partial charge in [0, 0.05) is 30.7 Å². The summed E-state index contributed by atoms with van der Waals surface area (Å²) in [6.45, 7) is 9.90. The second kappa shape index (κ2) is 5.27. The van der Waals surface area contributed by atoms with E-state index in [1.54, 1.807) is 0 Å². The highest BCUT2D eigenvalue weighted by Gasteiger charge is 2.20. The molecule has 2 heterocycles. The fourth-order valence-electron chi connectivity index (χ4n) is 2.37. The molecule has 0 bridgehead atoms. The number of nitrogens with one attached hydrogen (secondary N) is 1. The van der Waals surface area contributed by atoms with Crippen molar-refractivity contribution in [1.29, 1.82) is 0 Å². The summed E-state index contributed by atoms with van der Waals surface area (Å²) in [5.41, 5.74) is 2.63. The Labute approximate surface area is 111 Å². The molecule has 1 saturated heterocycles. The quantitative estimate of drug-likeness (QED) is 0.890. The van der Waals surface area contributed by atoms with Crippen LogP contribution in [0.3, 0.4) is 0 Å². The molecule has 0 amide bonds. The number of hydrogen-bond donors (Lipinski definition) is 1. The van der Waals surface area contributed by atoms with Crippen molar-refractivity contribution in [2.75, 3.05) is 25.0 Å². The van der Waals surface area contributed by atoms with E-state index < -0.39 is 0 Å². The van der Waals surface area contributed by atoms with E-state index in [0.29, 0.717) is 0 Å². The van der Waals surface area contributed by atoms with Crippen LogP contribution < -0.4 is 10.2 Å². The molecule has 3 heteroatoms. The Morgan fingerprint density at radius 3 is 2.44 bits per heavy atom. The highest BCUT2D eigenvalue weighted by molar-refractivity contribution is 5.44. The standard InChI is InChI=1S/C15H25N3/c1-15(2,3)13-9-12(11-16-4)10-14(17-13)18-7-5-6-8-18/h9-10,16H,5-8,11H2,1-4H3. The lowest BCUT2D eigenvalue weighted by atomic mass is 9.90. The van der Waals surface area contributed by atoms with Crippen molar-refractivity contribution in [2.24, 2.45) is 0 Å². The van der Waals surface area contributed by atoms with Crippen molar-refractivity contribution < 1.29 is 0 Å². The topological polar surface area (TPSA) is 28.2 Å². The lowest BCUT2D eigenvalue weighted by Gasteiger charge is -2.23. The zero-order valence-electron chi connectivity index (χ0n) is 12.1. The first-order chi connectivity index (χ1) is 8.50. The van der Waals surface area contributed by atoms with Crippen molar-refractivity contribution in [2.45, 2.75) is 45.6 Å². The van der Waals surface area contributed by atoms with Crippen LogP contribution in [-0.2, 0) is 12.0 Å². The van der Waals surface area contributed by atoms with Gasteiger partial charge in [-0.3, -0.25) is 0 Å². The smallest absolute Gasteiger partial charge is 0.129 e.